The first-order chi connectivity index (χ1) is 10.4. The highest BCUT2D eigenvalue weighted by atomic mass is 79.9. The Hall–Kier alpha value is -1.17. The second kappa shape index (κ2) is 5.80. The molecule has 1 amide bonds. The number of halogens is 3. The maximum Gasteiger partial charge on any atom is 0.224 e. The molecule has 1 aromatic carbocycles. The van der Waals surface area contributed by atoms with Crippen LogP contribution >= 0.6 is 15.9 Å². The lowest BCUT2D eigenvalue weighted by atomic mass is 9.93. The first kappa shape index (κ1) is 15.7. The van der Waals surface area contributed by atoms with Crippen molar-refractivity contribution in [3.63, 3.8) is 0 Å². The molecule has 1 fully saturated rings. The standard InChI is InChI=1S/C16H18BrF2NO2/c1-8-6-7-11-15(20(8)9(2)21)14(19)13(18)12(17)16(11)22-10-4-3-5-10/h8,10H,3-7H2,1-2H3/t8-/m0/s1. The zero-order valence-electron chi connectivity index (χ0n) is 12.6. The number of benzene rings is 1. The largest absolute Gasteiger partial charge is 0.489 e. The molecule has 1 heterocycles. The molecule has 1 aromatic rings. The summed E-state index contributed by atoms with van der Waals surface area (Å²) in [5.41, 5.74) is 0.632. The van der Waals surface area contributed by atoms with Crippen molar-refractivity contribution in [2.24, 2.45) is 0 Å². The van der Waals surface area contributed by atoms with E-state index < -0.39 is 11.6 Å². The molecule has 120 valence electrons. The maximum atomic E-state index is 14.5. The van der Waals surface area contributed by atoms with Crippen molar-refractivity contribution in [1.82, 2.24) is 0 Å². The molecule has 0 saturated heterocycles. The molecule has 1 atom stereocenters. The fraction of sp³-hybridized carbons (Fsp3) is 0.562. The van der Waals surface area contributed by atoms with E-state index in [1.807, 2.05) is 6.92 Å². The van der Waals surface area contributed by atoms with E-state index in [-0.39, 0.29) is 28.2 Å². The third-order valence-corrected chi connectivity index (χ3v) is 5.23. The molecule has 22 heavy (non-hydrogen) atoms. The summed E-state index contributed by atoms with van der Waals surface area (Å²) in [5.74, 6) is -1.90. The van der Waals surface area contributed by atoms with Crippen LogP contribution in [0, 0.1) is 11.6 Å². The van der Waals surface area contributed by atoms with Gasteiger partial charge in [-0.3, -0.25) is 4.79 Å². The summed E-state index contributed by atoms with van der Waals surface area (Å²) in [6, 6.07) is -0.156. The number of ether oxygens (including phenoxy) is 1. The molecule has 3 rings (SSSR count). The van der Waals surface area contributed by atoms with Crippen LogP contribution in [0.5, 0.6) is 5.75 Å². The van der Waals surface area contributed by atoms with Crippen LogP contribution in [0.4, 0.5) is 14.5 Å². The molecule has 1 aliphatic heterocycles. The Morgan fingerprint density at radius 2 is 1.95 bits per heavy atom. The Morgan fingerprint density at radius 1 is 1.27 bits per heavy atom. The SMILES string of the molecule is CC(=O)N1c2c(F)c(F)c(Br)c(OC3CCC3)c2CC[C@@H]1C. The second-order valence-electron chi connectivity index (χ2n) is 6.05. The van der Waals surface area contributed by atoms with Crippen LogP contribution in [-0.4, -0.2) is 18.1 Å². The van der Waals surface area contributed by atoms with Gasteiger partial charge in [0.25, 0.3) is 0 Å². The Bertz CT molecular complexity index is 631. The Morgan fingerprint density at radius 3 is 2.50 bits per heavy atom. The molecule has 0 bridgehead atoms. The highest BCUT2D eigenvalue weighted by molar-refractivity contribution is 9.10. The van der Waals surface area contributed by atoms with E-state index in [0.29, 0.717) is 24.2 Å². The summed E-state index contributed by atoms with van der Waals surface area (Å²) in [6.45, 7) is 3.22. The van der Waals surface area contributed by atoms with Gasteiger partial charge in [-0.25, -0.2) is 8.78 Å². The summed E-state index contributed by atoms with van der Waals surface area (Å²) in [6.07, 6.45) is 4.25. The third-order valence-electron chi connectivity index (χ3n) is 4.52. The van der Waals surface area contributed by atoms with Gasteiger partial charge in [-0.1, -0.05) is 0 Å². The van der Waals surface area contributed by atoms with Crippen molar-refractivity contribution < 1.29 is 18.3 Å². The predicted octanol–water partition coefficient (Wildman–Crippen LogP) is 4.35. The van der Waals surface area contributed by atoms with Gasteiger partial charge >= 0.3 is 0 Å². The monoisotopic (exact) mass is 373 g/mol. The van der Waals surface area contributed by atoms with Gasteiger partial charge in [0.15, 0.2) is 11.6 Å². The average molecular weight is 374 g/mol. The first-order valence-corrected chi connectivity index (χ1v) is 8.36. The highest BCUT2D eigenvalue weighted by Gasteiger charge is 2.36. The second-order valence-corrected chi connectivity index (χ2v) is 6.84. The van der Waals surface area contributed by atoms with Crippen molar-refractivity contribution in [2.75, 3.05) is 4.90 Å². The van der Waals surface area contributed by atoms with E-state index >= 15 is 0 Å². The molecule has 0 N–H and O–H groups in total. The zero-order valence-corrected chi connectivity index (χ0v) is 14.2. The molecule has 0 spiro atoms. The molecule has 0 unspecified atom stereocenters. The Labute approximate surface area is 136 Å². The minimum Gasteiger partial charge on any atom is -0.489 e. The van der Waals surface area contributed by atoms with Crippen LogP contribution in [-0.2, 0) is 11.2 Å². The van der Waals surface area contributed by atoms with Crippen LogP contribution in [0.15, 0.2) is 4.47 Å². The zero-order chi connectivity index (χ0) is 16.0. The van der Waals surface area contributed by atoms with Crippen molar-refractivity contribution in [2.45, 2.75) is 58.1 Å². The lowest BCUT2D eigenvalue weighted by Crippen LogP contribution is -2.42. The Kier molecular flexibility index (Phi) is 4.14. The molecule has 0 aromatic heterocycles. The summed E-state index contributed by atoms with van der Waals surface area (Å²) in [4.78, 5) is 13.3. The maximum absolute atomic E-state index is 14.5. The van der Waals surface area contributed by atoms with Crippen molar-refractivity contribution in [3.8, 4) is 5.75 Å². The number of anilines is 1. The van der Waals surface area contributed by atoms with Gasteiger partial charge in [0.05, 0.1) is 16.3 Å². The first-order valence-electron chi connectivity index (χ1n) is 7.57. The summed E-state index contributed by atoms with van der Waals surface area (Å²) in [5, 5.41) is 0. The summed E-state index contributed by atoms with van der Waals surface area (Å²) < 4.78 is 34.7. The lowest BCUT2D eigenvalue weighted by Gasteiger charge is -2.37. The molecule has 0 radical (unpaired) electrons. The minimum atomic E-state index is -0.992. The van der Waals surface area contributed by atoms with Crippen molar-refractivity contribution >= 4 is 27.5 Å². The number of hydrogen-bond donors (Lipinski definition) is 0. The molecule has 1 saturated carbocycles. The number of carbonyl (C=O) groups is 1. The van der Waals surface area contributed by atoms with Crippen LogP contribution in [0.2, 0.25) is 0 Å². The van der Waals surface area contributed by atoms with Gasteiger partial charge in [0.1, 0.15) is 5.75 Å². The van der Waals surface area contributed by atoms with Gasteiger partial charge in [-0.15, -0.1) is 0 Å². The fourth-order valence-electron chi connectivity index (χ4n) is 3.10. The smallest absolute Gasteiger partial charge is 0.224 e. The molecule has 2 aliphatic rings. The lowest BCUT2D eigenvalue weighted by molar-refractivity contribution is -0.117. The van der Waals surface area contributed by atoms with E-state index in [1.165, 1.54) is 11.8 Å². The van der Waals surface area contributed by atoms with Crippen LogP contribution in [0.3, 0.4) is 0 Å². The molecular formula is C16H18BrF2NO2. The minimum absolute atomic E-state index is 0.0219. The number of nitrogens with zero attached hydrogens (tertiary/aromatic N) is 1. The average Bonchev–Trinajstić information content (AvgIpc) is 2.42. The van der Waals surface area contributed by atoms with E-state index in [4.69, 9.17) is 4.74 Å². The number of carbonyl (C=O) groups excluding carboxylic acids is 1. The Balaban J connectivity index is 2.16. The van der Waals surface area contributed by atoms with Gasteiger partial charge in [-0.2, -0.15) is 0 Å². The van der Waals surface area contributed by atoms with Gasteiger partial charge in [-0.05, 0) is 55.0 Å². The summed E-state index contributed by atoms with van der Waals surface area (Å²) >= 11 is 3.12. The number of amides is 1. The van der Waals surface area contributed by atoms with Crippen LogP contribution in [0.25, 0.3) is 0 Å². The van der Waals surface area contributed by atoms with E-state index in [2.05, 4.69) is 15.9 Å². The number of rotatable bonds is 2. The third kappa shape index (κ3) is 2.41. The van der Waals surface area contributed by atoms with Crippen molar-refractivity contribution in [3.05, 3.63) is 21.7 Å². The van der Waals surface area contributed by atoms with Gasteiger partial charge in [0, 0.05) is 18.5 Å². The van der Waals surface area contributed by atoms with Crippen LogP contribution < -0.4 is 9.64 Å². The van der Waals surface area contributed by atoms with Crippen LogP contribution in [0.1, 0.15) is 45.1 Å². The predicted molar refractivity (Wildman–Crippen MR) is 83.3 cm³/mol. The normalized spacial score (nSPS) is 21.3. The van der Waals surface area contributed by atoms with E-state index in [0.717, 1.165) is 19.3 Å². The summed E-state index contributed by atoms with van der Waals surface area (Å²) in [7, 11) is 0. The number of fused-ring (bicyclic) bond motifs is 1. The van der Waals surface area contributed by atoms with Gasteiger partial charge < -0.3 is 9.64 Å². The topological polar surface area (TPSA) is 29.5 Å². The van der Waals surface area contributed by atoms with Crippen molar-refractivity contribution in [1.29, 1.82) is 0 Å². The number of hydrogen-bond acceptors (Lipinski definition) is 2. The molecular weight excluding hydrogens is 356 g/mol. The van der Waals surface area contributed by atoms with Gasteiger partial charge in [0.2, 0.25) is 5.91 Å². The van der Waals surface area contributed by atoms with E-state index in [9.17, 15) is 13.6 Å². The quantitative estimate of drug-likeness (QED) is 0.721. The molecule has 3 nitrogen and oxygen atoms in total. The molecule has 1 aliphatic carbocycles. The molecule has 6 heteroatoms. The fourth-order valence-corrected chi connectivity index (χ4v) is 3.61. The van der Waals surface area contributed by atoms with E-state index in [1.54, 1.807) is 0 Å². The highest BCUT2D eigenvalue weighted by Crippen LogP contribution is 2.46.